The molecule has 2 rings (SSSR count). The van der Waals surface area contributed by atoms with Crippen molar-refractivity contribution in [3.05, 3.63) is 63.2 Å². The summed E-state index contributed by atoms with van der Waals surface area (Å²) in [5, 5.41) is 20.2. The SMILES string of the molecule is Cc1cc(Cl)ccc1N(CC(=O)O)S(=O)(=O)c1ccc([N+](=O)[O-])cc1. The average molecular weight is 385 g/mol. The molecule has 10 heteroatoms. The first-order valence-corrected chi connectivity index (χ1v) is 8.70. The number of sulfonamides is 1. The number of hydrogen-bond donors (Lipinski definition) is 1. The third-order valence-corrected chi connectivity index (χ3v) is 5.35. The number of hydrogen-bond acceptors (Lipinski definition) is 5. The van der Waals surface area contributed by atoms with Gasteiger partial charge in [-0.25, -0.2) is 8.42 Å². The summed E-state index contributed by atoms with van der Waals surface area (Å²) in [7, 11) is -4.24. The largest absolute Gasteiger partial charge is 0.480 e. The van der Waals surface area contributed by atoms with Gasteiger partial charge in [-0.1, -0.05) is 11.6 Å². The smallest absolute Gasteiger partial charge is 0.324 e. The zero-order valence-corrected chi connectivity index (χ0v) is 14.5. The highest BCUT2D eigenvalue weighted by atomic mass is 35.5. The minimum atomic E-state index is -4.24. The van der Waals surface area contributed by atoms with E-state index in [0.717, 1.165) is 28.6 Å². The van der Waals surface area contributed by atoms with E-state index < -0.39 is 27.5 Å². The van der Waals surface area contributed by atoms with E-state index in [1.807, 2.05) is 0 Å². The average Bonchev–Trinajstić information content (AvgIpc) is 2.53. The molecule has 0 aromatic heterocycles. The van der Waals surface area contributed by atoms with E-state index in [9.17, 15) is 23.3 Å². The molecule has 0 heterocycles. The fourth-order valence-electron chi connectivity index (χ4n) is 2.19. The lowest BCUT2D eigenvalue weighted by Gasteiger charge is -2.24. The molecule has 0 saturated carbocycles. The first-order chi connectivity index (χ1) is 11.6. The monoisotopic (exact) mass is 384 g/mol. The number of rotatable bonds is 6. The van der Waals surface area contributed by atoms with E-state index in [2.05, 4.69) is 0 Å². The molecule has 2 aromatic rings. The molecule has 0 saturated heterocycles. The molecular formula is C15H13ClN2O6S. The van der Waals surface area contributed by atoms with Crippen LogP contribution in [0, 0.1) is 17.0 Å². The quantitative estimate of drug-likeness (QED) is 0.604. The number of nitro groups is 1. The first kappa shape index (κ1) is 18.7. The van der Waals surface area contributed by atoms with Crippen LogP contribution in [-0.2, 0) is 14.8 Å². The lowest BCUT2D eigenvalue weighted by molar-refractivity contribution is -0.384. The lowest BCUT2D eigenvalue weighted by atomic mass is 10.2. The van der Waals surface area contributed by atoms with Gasteiger partial charge in [0, 0.05) is 17.2 Å². The van der Waals surface area contributed by atoms with E-state index in [1.54, 1.807) is 6.92 Å². The fraction of sp³-hybridized carbons (Fsp3) is 0.133. The standard InChI is InChI=1S/C15H13ClN2O6S/c1-10-8-11(16)2-7-14(10)17(9-15(19)20)25(23,24)13-5-3-12(4-6-13)18(21)22/h2-8H,9H2,1H3,(H,19,20). The molecular weight excluding hydrogens is 372 g/mol. The van der Waals surface area contributed by atoms with E-state index in [4.69, 9.17) is 16.7 Å². The second kappa shape index (κ2) is 7.08. The Morgan fingerprint density at radius 2 is 1.84 bits per heavy atom. The topological polar surface area (TPSA) is 118 Å². The van der Waals surface area contributed by atoms with Crippen molar-refractivity contribution in [3.8, 4) is 0 Å². The van der Waals surface area contributed by atoms with Gasteiger partial charge in [-0.15, -0.1) is 0 Å². The number of aryl methyl sites for hydroxylation is 1. The van der Waals surface area contributed by atoms with Crippen molar-refractivity contribution in [2.75, 3.05) is 10.8 Å². The Kier molecular flexibility index (Phi) is 5.29. The van der Waals surface area contributed by atoms with Gasteiger partial charge in [0.05, 0.1) is 15.5 Å². The molecule has 1 N–H and O–H groups in total. The molecule has 0 aliphatic heterocycles. The van der Waals surface area contributed by atoms with Crippen molar-refractivity contribution in [1.29, 1.82) is 0 Å². The number of nitro benzene ring substituents is 1. The Morgan fingerprint density at radius 1 is 1.24 bits per heavy atom. The van der Waals surface area contributed by atoms with Gasteiger partial charge in [-0.05, 0) is 42.8 Å². The van der Waals surface area contributed by atoms with Crippen LogP contribution in [0.1, 0.15) is 5.56 Å². The molecule has 2 aromatic carbocycles. The van der Waals surface area contributed by atoms with Gasteiger partial charge in [-0.3, -0.25) is 19.2 Å². The molecule has 0 aliphatic carbocycles. The minimum absolute atomic E-state index is 0.158. The van der Waals surface area contributed by atoms with Crippen molar-refractivity contribution in [3.63, 3.8) is 0 Å². The highest BCUT2D eigenvalue weighted by molar-refractivity contribution is 7.92. The van der Waals surface area contributed by atoms with Crippen LogP contribution in [0.25, 0.3) is 0 Å². The van der Waals surface area contributed by atoms with Gasteiger partial charge in [-0.2, -0.15) is 0 Å². The predicted octanol–water partition coefficient (Wildman–Crippen LogP) is 2.84. The Hall–Kier alpha value is -2.65. The number of benzene rings is 2. The van der Waals surface area contributed by atoms with Crippen LogP contribution in [-0.4, -0.2) is 31.0 Å². The Morgan fingerprint density at radius 3 is 2.32 bits per heavy atom. The lowest BCUT2D eigenvalue weighted by Crippen LogP contribution is -2.36. The number of anilines is 1. The fourth-order valence-corrected chi connectivity index (χ4v) is 3.89. The van der Waals surface area contributed by atoms with Crippen LogP contribution in [0.3, 0.4) is 0 Å². The molecule has 0 spiro atoms. The zero-order chi connectivity index (χ0) is 18.8. The number of carboxylic acid groups (broad SMARTS) is 1. The summed E-state index contributed by atoms with van der Waals surface area (Å²) in [6, 6.07) is 8.58. The molecule has 8 nitrogen and oxygen atoms in total. The first-order valence-electron chi connectivity index (χ1n) is 6.88. The zero-order valence-electron chi connectivity index (χ0n) is 12.9. The van der Waals surface area contributed by atoms with Crippen LogP contribution < -0.4 is 4.31 Å². The highest BCUT2D eigenvalue weighted by Gasteiger charge is 2.28. The van der Waals surface area contributed by atoms with Crippen molar-refractivity contribution >= 4 is 39.0 Å². The van der Waals surface area contributed by atoms with Crippen LogP contribution in [0.15, 0.2) is 47.4 Å². The highest BCUT2D eigenvalue weighted by Crippen LogP contribution is 2.29. The number of aliphatic carboxylic acids is 1. The maximum absolute atomic E-state index is 12.8. The van der Waals surface area contributed by atoms with Gasteiger partial charge in [0.1, 0.15) is 6.54 Å². The van der Waals surface area contributed by atoms with Crippen LogP contribution >= 0.6 is 11.6 Å². The number of nitrogens with zero attached hydrogens (tertiary/aromatic N) is 2. The number of carbonyl (C=O) groups is 1. The van der Waals surface area contributed by atoms with Crippen LogP contribution in [0.2, 0.25) is 5.02 Å². The summed E-state index contributed by atoms with van der Waals surface area (Å²) in [6.45, 7) is 0.795. The Balaban J connectivity index is 2.55. The van der Waals surface area contributed by atoms with Crippen molar-refractivity contribution in [2.45, 2.75) is 11.8 Å². The number of halogens is 1. The molecule has 0 aliphatic rings. The number of non-ortho nitro benzene ring substituents is 1. The van der Waals surface area contributed by atoms with Crippen LogP contribution in [0.5, 0.6) is 0 Å². The van der Waals surface area contributed by atoms with Crippen molar-refractivity contribution in [1.82, 2.24) is 0 Å². The minimum Gasteiger partial charge on any atom is -0.480 e. The Labute approximate surface area is 148 Å². The van der Waals surface area contributed by atoms with Gasteiger partial charge in [0.2, 0.25) is 0 Å². The van der Waals surface area contributed by atoms with E-state index in [1.165, 1.54) is 18.2 Å². The number of carboxylic acids is 1. The summed E-state index contributed by atoms with van der Waals surface area (Å²) < 4.78 is 26.4. The molecule has 132 valence electrons. The van der Waals surface area contributed by atoms with Gasteiger partial charge in [0.25, 0.3) is 15.7 Å². The van der Waals surface area contributed by atoms with Gasteiger partial charge >= 0.3 is 5.97 Å². The van der Waals surface area contributed by atoms with Crippen molar-refractivity contribution < 1.29 is 23.2 Å². The Bertz CT molecular complexity index is 928. The van der Waals surface area contributed by atoms with Crippen LogP contribution in [0.4, 0.5) is 11.4 Å². The molecule has 0 radical (unpaired) electrons. The third kappa shape index (κ3) is 4.06. The summed E-state index contributed by atoms with van der Waals surface area (Å²) in [5.74, 6) is -1.35. The molecule has 0 atom stereocenters. The molecule has 0 bridgehead atoms. The van der Waals surface area contributed by atoms with Gasteiger partial charge < -0.3 is 5.11 Å². The normalized spacial score (nSPS) is 11.1. The molecule has 25 heavy (non-hydrogen) atoms. The van der Waals surface area contributed by atoms with E-state index >= 15 is 0 Å². The van der Waals surface area contributed by atoms with E-state index in [0.29, 0.717) is 10.6 Å². The second-order valence-corrected chi connectivity index (χ2v) is 7.39. The summed E-state index contributed by atoms with van der Waals surface area (Å²) in [4.78, 5) is 20.9. The maximum Gasteiger partial charge on any atom is 0.324 e. The molecule has 0 unspecified atom stereocenters. The summed E-state index contributed by atoms with van der Waals surface area (Å²) >= 11 is 5.86. The second-order valence-electron chi connectivity index (χ2n) is 5.09. The van der Waals surface area contributed by atoms with Gasteiger partial charge in [0.15, 0.2) is 0 Å². The summed E-state index contributed by atoms with van der Waals surface area (Å²) in [5.41, 5.74) is 0.357. The van der Waals surface area contributed by atoms with Crippen molar-refractivity contribution in [2.24, 2.45) is 0 Å². The molecule has 0 amide bonds. The van der Waals surface area contributed by atoms with E-state index in [-0.39, 0.29) is 16.3 Å². The maximum atomic E-state index is 12.8. The summed E-state index contributed by atoms with van der Waals surface area (Å²) in [6.07, 6.45) is 0. The third-order valence-electron chi connectivity index (χ3n) is 3.34. The molecule has 0 fully saturated rings. The predicted molar refractivity (Wildman–Crippen MR) is 91.5 cm³/mol.